The molecule has 12 nitrogen and oxygen atoms in total. The molecule has 0 radical (unpaired) electrons. The monoisotopic (exact) mass is 1120 g/mol. The van der Waals surface area contributed by atoms with Gasteiger partial charge in [0.2, 0.25) is 0 Å². The third-order valence-electron chi connectivity index (χ3n) is 16.6. The van der Waals surface area contributed by atoms with Crippen LogP contribution in [0.2, 0.25) is 0 Å². The number of amides is 2. The topological polar surface area (TPSA) is 114 Å². The van der Waals surface area contributed by atoms with Crippen molar-refractivity contribution in [1.82, 2.24) is 20.4 Å². The number of hydrogen-bond acceptors (Lipinski definition) is 10. The van der Waals surface area contributed by atoms with Crippen LogP contribution in [0.1, 0.15) is 109 Å². The van der Waals surface area contributed by atoms with Gasteiger partial charge in [-0.3, -0.25) is 19.6 Å². The summed E-state index contributed by atoms with van der Waals surface area (Å²) >= 11 is 0. The van der Waals surface area contributed by atoms with E-state index in [2.05, 4.69) is 66.4 Å². The molecule has 6 aromatic carbocycles. The maximum absolute atomic E-state index is 14.3. The summed E-state index contributed by atoms with van der Waals surface area (Å²) in [4.78, 5) is 46.1. The second kappa shape index (κ2) is 25.9. The number of ether oxygens (including phenoxy) is 2. The highest BCUT2D eigenvalue weighted by molar-refractivity contribution is 6.15. The number of anilines is 2. The molecule has 0 aliphatic carbocycles. The van der Waals surface area contributed by atoms with Crippen LogP contribution in [0.3, 0.4) is 0 Å². The van der Waals surface area contributed by atoms with E-state index in [1.807, 2.05) is 48.5 Å². The van der Waals surface area contributed by atoms with Crippen LogP contribution in [0.25, 0.3) is 0 Å². The van der Waals surface area contributed by atoms with Gasteiger partial charge in [0.15, 0.2) is 0 Å². The molecule has 4 saturated heterocycles. The van der Waals surface area contributed by atoms with Crippen molar-refractivity contribution in [2.45, 2.75) is 64.5 Å². The minimum atomic E-state index is -1.28. The Bertz CT molecular complexity index is 3630. The molecule has 6 aliphatic heterocycles. The van der Waals surface area contributed by atoms with Crippen molar-refractivity contribution >= 4 is 34.9 Å². The molecule has 0 bridgehead atoms. The first-order chi connectivity index (χ1) is 42.0. The molecule has 16 heteroatoms. The number of piperazine rings is 2. The van der Waals surface area contributed by atoms with Crippen molar-refractivity contribution in [1.29, 1.82) is 0 Å². The van der Waals surface area contributed by atoms with E-state index < -0.39 is 53.5 Å². The van der Waals surface area contributed by atoms with Crippen LogP contribution in [-0.2, 0) is 48.2 Å². The summed E-state index contributed by atoms with van der Waals surface area (Å²) in [6.07, 6.45) is 5.51. The minimum absolute atomic E-state index is 0.0662. The number of rotatable bonds is 12. The molecule has 2 N–H and O–H groups in total. The first-order valence-corrected chi connectivity index (χ1v) is 28.6. The number of aliphatic imine (C=N–C) groups is 2. The van der Waals surface area contributed by atoms with Crippen LogP contribution in [0.5, 0.6) is 0 Å². The third kappa shape index (κ3) is 14.1. The standard InChI is InChI=1S/2C33H36F2N4O2/c2*1-38-8-10-39(11-9-38)29-4-5-30(26(19-29)15-22-6-12-41-13-7-22)33(40)37-32-31-18-23(2-3-25(31)21-36-32)14-24-16-27(34)20-28(35)17-24/h2*2-5,16-20,22H,6-15,21H2,1H3,(H,36,37,40)/i16D,17D,20D;16D,20D. The van der Waals surface area contributed by atoms with Crippen molar-refractivity contribution in [2.75, 3.05) is 103 Å². The normalized spacial score (nSPS) is 18.7. The Morgan fingerprint density at radius 3 is 1.38 bits per heavy atom. The molecule has 2 amide bonds. The number of halogens is 4. The Morgan fingerprint density at radius 2 is 0.927 bits per heavy atom. The maximum Gasteiger partial charge on any atom is 0.257 e. The van der Waals surface area contributed by atoms with Gasteiger partial charge in [-0.05, 0) is 195 Å². The summed E-state index contributed by atoms with van der Waals surface area (Å²) in [5.74, 6) is -3.40. The van der Waals surface area contributed by atoms with E-state index in [1.165, 1.54) is 0 Å². The zero-order chi connectivity index (χ0) is 61.0. The number of likely N-dealkylation sites (N-methyl/N-ethyl adjacent to an activating group) is 2. The van der Waals surface area contributed by atoms with Gasteiger partial charge < -0.3 is 39.7 Å². The van der Waals surface area contributed by atoms with Gasteiger partial charge in [-0.25, -0.2) is 17.6 Å². The van der Waals surface area contributed by atoms with Gasteiger partial charge in [0.05, 0.1) is 19.9 Å². The number of hydrogen-bond donors (Lipinski definition) is 2. The Hall–Kier alpha value is -7.24. The molecule has 0 aromatic heterocycles. The Balaban J connectivity index is 0.000000180. The molecule has 6 aliphatic rings. The highest BCUT2D eigenvalue weighted by Crippen LogP contribution is 2.31. The molecule has 6 heterocycles. The predicted octanol–water partition coefficient (Wildman–Crippen LogP) is 9.93. The van der Waals surface area contributed by atoms with E-state index in [-0.39, 0.29) is 35.8 Å². The lowest BCUT2D eigenvalue weighted by molar-refractivity contribution is 0.0663. The summed E-state index contributed by atoms with van der Waals surface area (Å²) in [5.41, 5.74) is 10.2. The zero-order valence-corrected chi connectivity index (χ0v) is 46.5. The lowest BCUT2D eigenvalue weighted by atomic mass is 9.89. The van der Waals surface area contributed by atoms with Gasteiger partial charge in [-0.2, -0.15) is 0 Å². The average molecular weight is 1120 g/mol. The second-order valence-corrected chi connectivity index (χ2v) is 22.4. The van der Waals surface area contributed by atoms with Crippen LogP contribution in [0.4, 0.5) is 28.9 Å². The smallest absolute Gasteiger partial charge is 0.257 e. The molecular formula is C66H72F4N8O4. The van der Waals surface area contributed by atoms with Crippen molar-refractivity contribution in [3.05, 3.63) is 199 Å². The summed E-state index contributed by atoms with van der Waals surface area (Å²) in [7, 11) is 4.26. The quantitative estimate of drug-likeness (QED) is 0.117. The largest absolute Gasteiger partial charge is 0.381 e. The highest BCUT2D eigenvalue weighted by atomic mass is 19.1. The zero-order valence-electron chi connectivity index (χ0n) is 51.5. The molecule has 6 aromatic rings. The number of nitrogens with one attached hydrogen (secondary N) is 2. The fourth-order valence-corrected chi connectivity index (χ4v) is 11.8. The van der Waals surface area contributed by atoms with Crippen molar-refractivity contribution in [3.8, 4) is 0 Å². The number of nitrogens with zero attached hydrogens (tertiary/aromatic N) is 6. The van der Waals surface area contributed by atoms with Crippen molar-refractivity contribution in [3.63, 3.8) is 0 Å². The molecule has 0 spiro atoms. The lowest BCUT2D eigenvalue weighted by Gasteiger charge is -2.34. The van der Waals surface area contributed by atoms with Gasteiger partial charge >= 0.3 is 0 Å². The van der Waals surface area contributed by atoms with E-state index in [0.29, 0.717) is 58.9 Å². The summed E-state index contributed by atoms with van der Waals surface area (Å²) in [5, 5.41) is 6.07. The van der Waals surface area contributed by atoms with Gasteiger partial charge in [0, 0.05) is 124 Å². The third-order valence-corrected chi connectivity index (χ3v) is 16.6. The first kappa shape index (κ1) is 50.5. The molecule has 0 unspecified atom stereocenters. The predicted molar refractivity (Wildman–Crippen MR) is 313 cm³/mol. The average Bonchev–Trinajstić information content (AvgIpc) is 3.45. The second-order valence-electron chi connectivity index (χ2n) is 22.4. The van der Waals surface area contributed by atoms with E-state index in [4.69, 9.17) is 16.3 Å². The van der Waals surface area contributed by atoms with E-state index >= 15 is 0 Å². The van der Waals surface area contributed by atoms with Crippen LogP contribution < -0.4 is 20.4 Å². The molecule has 0 saturated carbocycles. The van der Waals surface area contributed by atoms with Crippen LogP contribution in [0.15, 0.2) is 119 Å². The first-order valence-electron chi connectivity index (χ1n) is 31.1. The number of amidine groups is 2. The van der Waals surface area contributed by atoms with Gasteiger partial charge in [0.25, 0.3) is 11.8 Å². The fraction of sp³-hybridized carbons (Fsp3) is 0.394. The van der Waals surface area contributed by atoms with Gasteiger partial charge in [0.1, 0.15) is 34.9 Å². The number of fused-ring (bicyclic) bond motifs is 2. The van der Waals surface area contributed by atoms with Crippen molar-refractivity contribution in [2.24, 2.45) is 21.8 Å². The minimum Gasteiger partial charge on any atom is -0.381 e. The fourth-order valence-electron chi connectivity index (χ4n) is 11.8. The Morgan fingerprint density at radius 1 is 0.512 bits per heavy atom. The lowest BCUT2D eigenvalue weighted by Crippen LogP contribution is -2.44. The Kier molecular flexibility index (Phi) is 16.0. The molecule has 428 valence electrons. The molecule has 0 atom stereocenters. The number of benzene rings is 6. The summed E-state index contributed by atoms with van der Waals surface area (Å²) in [6.45, 7) is 11.5. The van der Waals surface area contributed by atoms with Gasteiger partial charge in [-0.1, -0.05) is 24.3 Å². The van der Waals surface area contributed by atoms with E-state index in [9.17, 15) is 27.2 Å². The van der Waals surface area contributed by atoms with Crippen LogP contribution in [-0.4, -0.2) is 126 Å². The van der Waals surface area contributed by atoms with Crippen LogP contribution in [0, 0.1) is 35.1 Å². The molecule has 12 rings (SSSR count). The van der Waals surface area contributed by atoms with E-state index in [0.717, 1.165) is 168 Å². The SMILES string of the molecule is [2H]c1c(F)c([2H])c(Cc2ccc3c(c2)C(NC(=O)c2ccc(N4CCN(C)CC4)cc2CC2CCOCC2)=NC3)c([2H])c1F.[2H]c1c(F)cc(Cc2ccc3c(c2)C(NC(=O)c2ccc(N4CCN(C)CC4)cc2CC2CCOCC2)=NC3)c([2H])c1F. The Labute approximate surface area is 485 Å². The number of carbonyl (C=O) groups is 2. The summed E-state index contributed by atoms with van der Waals surface area (Å²) < 4.78 is 107. The van der Waals surface area contributed by atoms with Gasteiger partial charge in [-0.15, -0.1) is 0 Å². The van der Waals surface area contributed by atoms with E-state index in [1.54, 1.807) is 12.1 Å². The number of carbonyl (C=O) groups excluding carboxylic acids is 2. The maximum atomic E-state index is 14.3. The highest BCUT2D eigenvalue weighted by Gasteiger charge is 2.27. The van der Waals surface area contributed by atoms with Crippen LogP contribution >= 0.6 is 0 Å². The summed E-state index contributed by atoms with van der Waals surface area (Å²) in [6, 6.07) is 20.5. The van der Waals surface area contributed by atoms with Crippen molar-refractivity contribution < 1.29 is 43.5 Å². The molecule has 82 heavy (non-hydrogen) atoms. The molecule has 4 fully saturated rings. The molecular weight excluding hydrogens is 1040 g/mol.